The van der Waals surface area contributed by atoms with E-state index >= 15 is 0 Å². The minimum Gasteiger partial charge on any atom is -0.378 e. The van der Waals surface area contributed by atoms with Gasteiger partial charge in [-0.05, 0) is 25.7 Å². The van der Waals surface area contributed by atoms with Gasteiger partial charge in [0.15, 0.2) is 0 Å². The summed E-state index contributed by atoms with van der Waals surface area (Å²) in [6.07, 6.45) is 5.67. The number of rotatable bonds is 6. The van der Waals surface area contributed by atoms with Gasteiger partial charge in [0.25, 0.3) is 0 Å². The first kappa shape index (κ1) is 14.8. The van der Waals surface area contributed by atoms with Gasteiger partial charge in [-0.2, -0.15) is 0 Å². The number of ether oxygens (including phenoxy) is 1. The molecule has 2 aliphatic rings. The van der Waals surface area contributed by atoms with Crippen molar-refractivity contribution in [1.29, 1.82) is 0 Å². The van der Waals surface area contributed by atoms with Crippen molar-refractivity contribution in [2.45, 2.75) is 44.8 Å². The predicted octanol–water partition coefficient (Wildman–Crippen LogP) is 0.820. The Morgan fingerprint density at radius 2 is 1.95 bits per heavy atom. The summed E-state index contributed by atoms with van der Waals surface area (Å²) in [6, 6.07) is 0. The summed E-state index contributed by atoms with van der Waals surface area (Å²) in [5.74, 6) is 0.274. The van der Waals surface area contributed by atoms with E-state index in [9.17, 15) is 9.90 Å². The van der Waals surface area contributed by atoms with Crippen LogP contribution in [-0.2, 0) is 9.53 Å². The average molecular weight is 270 g/mol. The van der Waals surface area contributed by atoms with Crippen LogP contribution in [-0.4, -0.2) is 66.4 Å². The summed E-state index contributed by atoms with van der Waals surface area (Å²) in [5.41, 5.74) is 0. The molecule has 5 heteroatoms. The third-order valence-electron chi connectivity index (χ3n) is 4.03. The summed E-state index contributed by atoms with van der Waals surface area (Å²) >= 11 is 0. The van der Waals surface area contributed by atoms with E-state index in [-0.39, 0.29) is 12.1 Å². The molecule has 2 fully saturated rings. The second kappa shape index (κ2) is 7.82. The molecule has 2 aliphatic heterocycles. The van der Waals surface area contributed by atoms with Crippen molar-refractivity contribution >= 4 is 5.91 Å². The number of amides is 1. The SMILES string of the molecule is O=C1CCCCCN1CCOCCN1CCCC1O. The Morgan fingerprint density at radius 3 is 2.74 bits per heavy atom. The molecule has 1 N–H and O–H groups in total. The first-order valence-corrected chi connectivity index (χ1v) is 7.55. The first-order chi connectivity index (χ1) is 9.27. The van der Waals surface area contributed by atoms with Gasteiger partial charge >= 0.3 is 0 Å². The normalized spacial score (nSPS) is 25.8. The van der Waals surface area contributed by atoms with Gasteiger partial charge in [0.1, 0.15) is 6.23 Å². The molecule has 0 aromatic rings. The summed E-state index contributed by atoms with van der Waals surface area (Å²) in [4.78, 5) is 15.7. The Balaban J connectivity index is 1.54. The van der Waals surface area contributed by atoms with Gasteiger partial charge in [-0.25, -0.2) is 0 Å². The van der Waals surface area contributed by atoms with Gasteiger partial charge in [0.05, 0.1) is 13.2 Å². The third kappa shape index (κ3) is 4.75. The highest BCUT2D eigenvalue weighted by Crippen LogP contribution is 2.13. The second-order valence-electron chi connectivity index (χ2n) is 5.46. The van der Waals surface area contributed by atoms with Crippen molar-refractivity contribution < 1.29 is 14.6 Å². The maximum Gasteiger partial charge on any atom is 0.222 e. The molecule has 1 amide bonds. The van der Waals surface area contributed by atoms with Gasteiger partial charge in [0, 0.05) is 32.6 Å². The number of likely N-dealkylation sites (tertiary alicyclic amines) is 2. The molecule has 0 saturated carbocycles. The third-order valence-corrected chi connectivity index (χ3v) is 4.03. The van der Waals surface area contributed by atoms with Crippen molar-refractivity contribution in [2.75, 3.05) is 39.4 Å². The Bertz CT molecular complexity index is 286. The highest BCUT2D eigenvalue weighted by molar-refractivity contribution is 5.76. The molecule has 19 heavy (non-hydrogen) atoms. The number of carbonyl (C=O) groups is 1. The van der Waals surface area contributed by atoms with E-state index in [4.69, 9.17) is 4.74 Å². The fourth-order valence-electron chi connectivity index (χ4n) is 2.80. The molecule has 0 aromatic carbocycles. The summed E-state index contributed by atoms with van der Waals surface area (Å²) < 4.78 is 5.59. The topological polar surface area (TPSA) is 53.0 Å². The van der Waals surface area contributed by atoms with E-state index in [0.29, 0.717) is 26.2 Å². The van der Waals surface area contributed by atoms with Crippen molar-refractivity contribution in [3.8, 4) is 0 Å². The number of aliphatic hydroxyl groups is 1. The van der Waals surface area contributed by atoms with Gasteiger partial charge in [0.2, 0.25) is 5.91 Å². The maximum absolute atomic E-state index is 11.8. The van der Waals surface area contributed by atoms with Gasteiger partial charge in [-0.1, -0.05) is 6.42 Å². The molecule has 2 heterocycles. The maximum atomic E-state index is 11.8. The van der Waals surface area contributed by atoms with Crippen molar-refractivity contribution in [1.82, 2.24) is 9.80 Å². The molecule has 0 aromatic heterocycles. The summed E-state index contributed by atoms with van der Waals surface area (Å²) in [6.45, 7) is 4.59. The standard InChI is InChI=1S/C14H26N2O3/c17-13-5-2-1-3-7-15(13)9-11-19-12-10-16-8-4-6-14(16)18/h14,18H,1-12H2. The van der Waals surface area contributed by atoms with Gasteiger partial charge in [-0.3, -0.25) is 9.69 Å². The fourth-order valence-corrected chi connectivity index (χ4v) is 2.80. The largest absolute Gasteiger partial charge is 0.378 e. The quantitative estimate of drug-likeness (QED) is 0.726. The number of aliphatic hydroxyl groups excluding tert-OH is 1. The van der Waals surface area contributed by atoms with Crippen molar-refractivity contribution in [3.05, 3.63) is 0 Å². The lowest BCUT2D eigenvalue weighted by atomic mass is 10.2. The molecule has 0 aliphatic carbocycles. The van der Waals surface area contributed by atoms with E-state index in [1.807, 2.05) is 4.90 Å². The van der Waals surface area contributed by atoms with Crippen molar-refractivity contribution in [3.63, 3.8) is 0 Å². The minimum atomic E-state index is -0.282. The molecular weight excluding hydrogens is 244 g/mol. The zero-order valence-corrected chi connectivity index (χ0v) is 11.7. The smallest absolute Gasteiger partial charge is 0.222 e. The number of hydrogen-bond donors (Lipinski definition) is 1. The Kier molecular flexibility index (Phi) is 6.07. The van der Waals surface area contributed by atoms with Gasteiger partial charge in [-0.15, -0.1) is 0 Å². The van der Waals surface area contributed by atoms with E-state index in [1.165, 1.54) is 0 Å². The number of hydrogen-bond acceptors (Lipinski definition) is 4. The number of nitrogens with zero attached hydrogens (tertiary/aromatic N) is 2. The molecule has 0 radical (unpaired) electrons. The predicted molar refractivity (Wildman–Crippen MR) is 72.7 cm³/mol. The van der Waals surface area contributed by atoms with Crippen LogP contribution >= 0.6 is 0 Å². The van der Waals surface area contributed by atoms with Crippen LogP contribution in [0.3, 0.4) is 0 Å². The van der Waals surface area contributed by atoms with Crippen LogP contribution in [0.25, 0.3) is 0 Å². The van der Waals surface area contributed by atoms with Crippen LogP contribution in [0.15, 0.2) is 0 Å². The second-order valence-corrected chi connectivity index (χ2v) is 5.46. The Labute approximate surface area is 115 Å². The number of carbonyl (C=O) groups excluding carboxylic acids is 1. The molecule has 5 nitrogen and oxygen atoms in total. The van der Waals surface area contributed by atoms with E-state index in [1.54, 1.807) is 0 Å². The summed E-state index contributed by atoms with van der Waals surface area (Å²) in [5, 5.41) is 9.63. The monoisotopic (exact) mass is 270 g/mol. The Hall–Kier alpha value is -0.650. The van der Waals surface area contributed by atoms with Crippen LogP contribution in [0.5, 0.6) is 0 Å². The lowest BCUT2D eigenvalue weighted by Gasteiger charge is -2.22. The lowest BCUT2D eigenvalue weighted by molar-refractivity contribution is -0.131. The first-order valence-electron chi connectivity index (χ1n) is 7.55. The molecule has 110 valence electrons. The van der Waals surface area contributed by atoms with E-state index in [0.717, 1.165) is 51.7 Å². The average Bonchev–Trinajstić information content (AvgIpc) is 2.69. The molecule has 0 bridgehead atoms. The molecule has 1 atom stereocenters. The van der Waals surface area contributed by atoms with Gasteiger partial charge < -0.3 is 14.7 Å². The van der Waals surface area contributed by atoms with Crippen LogP contribution in [0.1, 0.15) is 38.5 Å². The van der Waals surface area contributed by atoms with E-state index < -0.39 is 0 Å². The zero-order valence-electron chi connectivity index (χ0n) is 11.7. The fraction of sp³-hybridized carbons (Fsp3) is 0.929. The minimum absolute atomic E-state index is 0.274. The zero-order chi connectivity index (χ0) is 13.5. The lowest BCUT2D eigenvalue weighted by Crippen LogP contribution is -2.35. The molecule has 0 spiro atoms. The Morgan fingerprint density at radius 1 is 1.11 bits per heavy atom. The molecule has 1 unspecified atom stereocenters. The molecule has 2 saturated heterocycles. The van der Waals surface area contributed by atoms with Crippen LogP contribution in [0.2, 0.25) is 0 Å². The van der Waals surface area contributed by atoms with Crippen LogP contribution < -0.4 is 0 Å². The highest BCUT2D eigenvalue weighted by atomic mass is 16.5. The van der Waals surface area contributed by atoms with Crippen LogP contribution in [0.4, 0.5) is 0 Å². The van der Waals surface area contributed by atoms with Crippen molar-refractivity contribution in [2.24, 2.45) is 0 Å². The van der Waals surface area contributed by atoms with Crippen LogP contribution in [0, 0.1) is 0 Å². The molecule has 2 rings (SSSR count). The highest BCUT2D eigenvalue weighted by Gasteiger charge is 2.21. The molecular formula is C14H26N2O3. The summed E-state index contributed by atoms with van der Waals surface area (Å²) in [7, 11) is 0. The van der Waals surface area contributed by atoms with E-state index in [2.05, 4.69) is 4.90 Å².